The molecule has 0 unspecified atom stereocenters. The van der Waals surface area contributed by atoms with Gasteiger partial charge in [0.05, 0.1) is 11.6 Å². The molecule has 3 rings (SSSR count). The fourth-order valence-electron chi connectivity index (χ4n) is 2.86. The van der Waals surface area contributed by atoms with E-state index in [0.29, 0.717) is 16.7 Å². The Morgan fingerprint density at radius 1 is 1.36 bits per heavy atom. The van der Waals surface area contributed by atoms with Crippen molar-refractivity contribution in [1.29, 1.82) is 0 Å². The molecule has 4 nitrogen and oxygen atoms in total. The SMILES string of the molecule is CNC(=O)C1=C(C)N(C2CC2)C(=S)N[C@@H]1c1ccc(F)cc1. The summed E-state index contributed by atoms with van der Waals surface area (Å²) in [5.41, 5.74) is 2.33. The normalized spacial score (nSPS) is 21.7. The summed E-state index contributed by atoms with van der Waals surface area (Å²) < 4.78 is 13.2. The second-order valence-electron chi connectivity index (χ2n) is 5.61. The summed E-state index contributed by atoms with van der Waals surface area (Å²) in [5.74, 6) is -0.448. The predicted octanol–water partition coefficient (Wildman–Crippen LogP) is 2.24. The molecule has 1 heterocycles. The number of hydrogen-bond donors (Lipinski definition) is 2. The molecule has 2 aliphatic rings. The molecule has 1 atom stereocenters. The molecule has 6 heteroatoms. The average molecular weight is 319 g/mol. The highest BCUT2D eigenvalue weighted by Crippen LogP contribution is 2.37. The number of nitrogens with one attached hydrogen (secondary N) is 2. The van der Waals surface area contributed by atoms with Gasteiger partial charge in [0.1, 0.15) is 5.82 Å². The molecule has 1 aliphatic carbocycles. The smallest absolute Gasteiger partial charge is 0.251 e. The quantitative estimate of drug-likeness (QED) is 0.839. The maximum Gasteiger partial charge on any atom is 0.251 e. The third kappa shape index (κ3) is 2.59. The van der Waals surface area contributed by atoms with E-state index in [1.165, 1.54) is 12.1 Å². The number of amides is 1. The highest BCUT2D eigenvalue weighted by Gasteiger charge is 2.40. The van der Waals surface area contributed by atoms with Gasteiger partial charge in [-0.05, 0) is 49.7 Å². The van der Waals surface area contributed by atoms with Gasteiger partial charge in [-0.25, -0.2) is 4.39 Å². The van der Waals surface area contributed by atoms with E-state index in [2.05, 4.69) is 10.6 Å². The molecule has 1 aliphatic heterocycles. The zero-order chi connectivity index (χ0) is 15.9. The third-order valence-corrected chi connectivity index (χ3v) is 4.43. The Labute approximate surface area is 134 Å². The van der Waals surface area contributed by atoms with Gasteiger partial charge >= 0.3 is 0 Å². The van der Waals surface area contributed by atoms with Crippen LogP contribution >= 0.6 is 12.2 Å². The molecule has 1 aromatic carbocycles. The van der Waals surface area contributed by atoms with Gasteiger partial charge in [-0.15, -0.1) is 0 Å². The largest absolute Gasteiger partial charge is 0.355 e. The lowest BCUT2D eigenvalue weighted by atomic mass is 9.94. The van der Waals surface area contributed by atoms with Gasteiger partial charge < -0.3 is 15.5 Å². The van der Waals surface area contributed by atoms with Gasteiger partial charge in [0.2, 0.25) is 0 Å². The molecule has 116 valence electrons. The molecule has 0 saturated heterocycles. The summed E-state index contributed by atoms with van der Waals surface area (Å²) in [7, 11) is 1.61. The number of hydrogen-bond acceptors (Lipinski definition) is 2. The number of thiocarbonyl (C=S) groups is 1. The van der Waals surface area contributed by atoms with Crippen LogP contribution in [0.4, 0.5) is 4.39 Å². The molecule has 0 aromatic heterocycles. The first-order valence-electron chi connectivity index (χ1n) is 7.31. The van der Waals surface area contributed by atoms with Crippen LogP contribution in [0.5, 0.6) is 0 Å². The minimum atomic E-state index is -0.358. The monoisotopic (exact) mass is 319 g/mol. The minimum absolute atomic E-state index is 0.146. The predicted molar refractivity (Wildman–Crippen MR) is 86.5 cm³/mol. The Morgan fingerprint density at radius 3 is 2.55 bits per heavy atom. The fourth-order valence-corrected chi connectivity index (χ4v) is 3.27. The minimum Gasteiger partial charge on any atom is -0.355 e. The van der Waals surface area contributed by atoms with Crippen LogP contribution < -0.4 is 10.6 Å². The fraction of sp³-hybridized carbons (Fsp3) is 0.375. The highest BCUT2D eigenvalue weighted by atomic mass is 32.1. The van der Waals surface area contributed by atoms with Crippen LogP contribution in [-0.4, -0.2) is 29.0 Å². The van der Waals surface area contributed by atoms with Crippen molar-refractivity contribution >= 4 is 23.2 Å². The van der Waals surface area contributed by atoms with Gasteiger partial charge in [0, 0.05) is 18.8 Å². The van der Waals surface area contributed by atoms with Gasteiger partial charge in [0.15, 0.2) is 5.11 Å². The van der Waals surface area contributed by atoms with Crippen molar-refractivity contribution in [3.63, 3.8) is 0 Å². The van der Waals surface area contributed by atoms with Crippen molar-refractivity contribution in [2.75, 3.05) is 7.05 Å². The molecule has 0 radical (unpaired) electrons. The van der Waals surface area contributed by atoms with Gasteiger partial charge in [-0.1, -0.05) is 12.1 Å². The number of benzene rings is 1. The van der Waals surface area contributed by atoms with E-state index in [-0.39, 0.29) is 17.8 Å². The van der Waals surface area contributed by atoms with E-state index in [0.717, 1.165) is 24.1 Å². The molecule has 1 amide bonds. The molecule has 0 spiro atoms. The topological polar surface area (TPSA) is 44.4 Å². The number of nitrogens with zero attached hydrogens (tertiary/aromatic N) is 1. The third-order valence-electron chi connectivity index (χ3n) is 4.11. The number of likely N-dealkylation sites (N-methyl/N-ethyl adjacent to an activating group) is 1. The molecule has 1 saturated carbocycles. The summed E-state index contributed by atoms with van der Waals surface area (Å²) >= 11 is 5.47. The van der Waals surface area contributed by atoms with Crippen molar-refractivity contribution in [3.8, 4) is 0 Å². The first-order valence-corrected chi connectivity index (χ1v) is 7.71. The van der Waals surface area contributed by atoms with Crippen molar-refractivity contribution < 1.29 is 9.18 Å². The number of rotatable bonds is 3. The summed E-state index contributed by atoms with van der Waals surface area (Å²) in [6, 6.07) is 6.17. The van der Waals surface area contributed by atoms with E-state index in [1.54, 1.807) is 19.2 Å². The Balaban J connectivity index is 2.06. The second-order valence-corrected chi connectivity index (χ2v) is 6.00. The van der Waals surface area contributed by atoms with Crippen LogP contribution in [0.25, 0.3) is 0 Å². The van der Waals surface area contributed by atoms with Crippen LogP contribution in [0.1, 0.15) is 31.4 Å². The van der Waals surface area contributed by atoms with E-state index >= 15 is 0 Å². The standard InChI is InChI=1S/C16H18FN3OS/c1-9-13(15(21)18-2)14(10-3-5-11(17)6-4-10)19-16(22)20(9)12-7-8-12/h3-6,12,14H,7-8H2,1-2H3,(H,18,21)(H,19,22)/t14-/m1/s1. The van der Waals surface area contributed by atoms with Crippen molar-refractivity contribution in [2.24, 2.45) is 0 Å². The Kier molecular flexibility index (Phi) is 3.87. The number of allylic oxidation sites excluding steroid dienone is 1. The zero-order valence-corrected chi connectivity index (χ0v) is 13.3. The summed E-state index contributed by atoms with van der Waals surface area (Å²) in [5, 5.41) is 6.55. The van der Waals surface area contributed by atoms with E-state index in [4.69, 9.17) is 12.2 Å². The maximum absolute atomic E-state index is 13.2. The molecule has 1 fully saturated rings. The second kappa shape index (κ2) is 5.68. The number of carbonyl (C=O) groups excluding carboxylic acids is 1. The molecule has 22 heavy (non-hydrogen) atoms. The number of carbonyl (C=O) groups is 1. The van der Waals surface area contributed by atoms with E-state index in [1.807, 2.05) is 11.8 Å². The lowest BCUT2D eigenvalue weighted by Crippen LogP contribution is -2.49. The Morgan fingerprint density at radius 2 is 2.00 bits per heavy atom. The van der Waals surface area contributed by atoms with Crippen LogP contribution in [0.3, 0.4) is 0 Å². The lowest BCUT2D eigenvalue weighted by Gasteiger charge is -2.38. The first kappa shape index (κ1) is 15.0. The number of halogens is 1. The van der Waals surface area contributed by atoms with Crippen LogP contribution in [0.2, 0.25) is 0 Å². The van der Waals surface area contributed by atoms with Crippen LogP contribution in [0, 0.1) is 5.82 Å². The lowest BCUT2D eigenvalue weighted by molar-refractivity contribution is -0.117. The summed E-state index contributed by atoms with van der Waals surface area (Å²) in [6.45, 7) is 1.92. The van der Waals surface area contributed by atoms with E-state index in [9.17, 15) is 9.18 Å². The zero-order valence-electron chi connectivity index (χ0n) is 12.5. The molecule has 0 bridgehead atoms. The van der Waals surface area contributed by atoms with Crippen molar-refractivity contribution in [3.05, 3.63) is 46.9 Å². The molecular weight excluding hydrogens is 301 g/mol. The Bertz CT molecular complexity index is 652. The average Bonchev–Trinajstić information content (AvgIpc) is 3.31. The Hall–Kier alpha value is -1.95. The molecule has 2 N–H and O–H groups in total. The highest BCUT2D eigenvalue weighted by molar-refractivity contribution is 7.80. The van der Waals surface area contributed by atoms with Gasteiger partial charge in [0.25, 0.3) is 5.91 Å². The maximum atomic E-state index is 13.2. The van der Waals surface area contributed by atoms with Crippen LogP contribution in [-0.2, 0) is 4.79 Å². The van der Waals surface area contributed by atoms with Crippen molar-refractivity contribution in [2.45, 2.75) is 31.8 Å². The molecular formula is C16H18FN3OS. The summed E-state index contributed by atoms with van der Waals surface area (Å²) in [4.78, 5) is 14.4. The molecule has 1 aromatic rings. The van der Waals surface area contributed by atoms with Gasteiger partial charge in [-0.2, -0.15) is 0 Å². The van der Waals surface area contributed by atoms with E-state index < -0.39 is 0 Å². The van der Waals surface area contributed by atoms with Crippen LogP contribution in [0.15, 0.2) is 35.5 Å². The summed E-state index contributed by atoms with van der Waals surface area (Å²) in [6.07, 6.45) is 2.17. The van der Waals surface area contributed by atoms with Gasteiger partial charge in [-0.3, -0.25) is 4.79 Å². The van der Waals surface area contributed by atoms with Crippen molar-refractivity contribution in [1.82, 2.24) is 15.5 Å². The first-order chi connectivity index (χ1) is 10.5.